The van der Waals surface area contributed by atoms with Gasteiger partial charge in [0.1, 0.15) is 0 Å². The Labute approximate surface area is 118 Å². The van der Waals surface area contributed by atoms with Crippen LogP contribution in [0.5, 0.6) is 5.75 Å². The average Bonchev–Trinajstić information content (AvgIpc) is 2.79. The standard InChI is InChI=1S/C12H13IN2O3/c13-15-7-12(4-1-2-5-12)11(18)9-10(17)8(16)3-6-14(9)15/h3,6,17H,1-2,4-5,7H2. The molecule has 0 aromatic carbocycles. The lowest BCUT2D eigenvalue weighted by Crippen LogP contribution is -2.49. The minimum Gasteiger partial charge on any atom is -0.503 e. The molecular formula is C12H13IN2O3. The Morgan fingerprint density at radius 3 is 2.61 bits per heavy atom. The molecule has 1 aliphatic carbocycles. The lowest BCUT2D eigenvalue weighted by Gasteiger charge is -2.39. The van der Waals surface area contributed by atoms with E-state index in [1.54, 1.807) is 10.9 Å². The van der Waals surface area contributed by atoms with Crippen LogP contribution < -0.4 is 8.65 Å². The van der Waals surface area contributed by atoms with Crippen LogP contribution in [0.25, 0.3) is 0 Å². The van der Waals surface area contributed by atoms with Crippen LogP contribution >= 0.6 is 22.9 Å². The third kappa shape index (κ3) is 1.51. The van der Waals surface area contributed by atoms with Gasteiger partial charge >= 0.3 is 0 Å². The first-order chi connectivity index (χ1) is 8.55. The SMILES string of the molecule is O=C1c2c(O)c(=O)ccn2N(I)CC12CCCC2. The molecule has 0 bridgehead atoms. The van der Waals surface area contributed by atoms with Crippen molar-refractivity contribution in [3.8, 4) is 5.75 Å². The monoisotopic (exact) mass is 360 g/mol. The second-order valence-electron chi connectivity index (χ2n) is 5.03. The molecule has 1 fully saturated rings. The lowest BCUT2D eigenvalue weighted by atomic mass is 9.79. The van der Waals surface area contributed by atoms with Crippen LogP contribution in [0.3, 0.4) is 0 Å². The molecule has 6 heteroatoms. The van der Waals surface area contributed by atoms with Crippen molar-refractivity contribution in [2.45, 2.75) is 25.7 Å². The van der Waals surface area contributed by atoms with Gasteiger partial charge in [0, 0.05) is 12.3 Å². The van der Waals surface area contributed by atoms with E-state index in [4.69, 9.17) is 0 Å². The van der Waals surface area contributed by atoms with Crippen LogP contribution in [0.1, 0.15) is 36.2 Å². The average molecular weight is 360 g/mol. The predicted molar refractivity (Wildman–Crippen MR) is 74.7 cm³/mol. The van der Waals surface area contributed by atoms with Crippen molar-refractivity contribution in [2.75, 3.05) is 9.77 Å². The molecule has 1 aromatic rings. The number of hydrogen-bond donors (Lipinski definition) is 1. The molecule has 1 aliphatic heterocycles. The van der Waals surface area contributed by atoms with Gasteiger partial charge in [-0.3, -0.25) is 12.8 Å². The number of aromatic hydroxyl groups is 1. The molecule has 96 valence electrons. The van der Waals surface area contributed by atoms with E-state index >= 15 is 0 Å². The summed E-state index contributed by atoms with van der Waals surface area (Å²) in [6.45, 7) is 0.641. The van der Waals surface area contributed by atoms with Crippen molar-refractivity contribution >= 4 is 28.6 Å². The summed E-state index contributed by atoms with van der Waals surface area (Å²) < 4.78 is 3.45. The number of rotatable bonds is 0. The summed E-state index contributed by atoms with van der Waals surface area (Å²) in [7, 11) is 0. The van der Waals surface area contributed by atoms with Gasteiger partial charge < -0.3 is 5.11 Å². The van der Waals surface area contributed by atoms with Crippen LogP contribution in [0, 0.1) is 5.41 Å². The van der Waals surface area contributed by atoms with Crippen molar-refractivity contribution in [3.63, 3.8) is 0 Å². The van der Waals surface area contributed by atoms with Gasteiger partial charge in [-0.1, -0.05) is 12.8 Å². The Bertz CT molecular complexity index is 575. The molecule has 1 aromatic heterocycles. The summed E-state index contributed by atoms with van der Waals surface area (Å²) in [5.41, 5.74) is -0.758. The fraction of sp³-hybridized carbons (Fsp3) is 0.500. The zero-order valence-electron chi connectivity index (χ0n) is 9.73. The van der Waals surface area contributed by atoms with Crippen LogP contribution in [0.4, 0.5) is 0 Å². The number of carbonyl (C=O) groups excluding carboxylic acids is 1. The summed E-state index contributed by atoms with van der Waals surface area (Å²) in [5, 5.41) is 9.89. The van der Waals surface area contributed by atoms with Gasteiger partial charge in [-0.05, 0) is 12.8 Å². The minimum atomic E-state index is -0.491. The Morgan fingerprint density at radius 2 is 1.94 bits per heavy atom. The van der Waals surface area contributed by atoms with E-state index in [0.717, 1.165) is 25.7 Å². The van der Waals surface area contributed by atoms with Crippen LogP contribution in [0.2, 0.25) is 0 Å². The molecule has 1 spiro atoms. The first-order valence-electron chi connectivity index (χ1n) is 5.98. The molecule has 1 N–H and O–H groups in total. The Balaban J connectivity index is 2.22. The molecular weight excluding hydrogens is 347 g/mol. The van der Waals surface area contributed by atoms with Gasteiger partial charge in [-0.15, -0.1) is 0 Å². The molecule has 0 saturated heterocycles. The molecule has 5 nitrogen and oxygen atoms in total. The molecule has 0 atom stereocenters. The quantitative estimate of drug-likeness (QED) is 0.564. The van der Waals surface area contributed by atoms with Gasteiger partial charge in [0.2, 0.25) is 5.43 Å². The Hall–Kier alpha value is -1.05. The van der Waals surface area contributed by atoms with Crippen molar-refractivity contribution in [2.24, 2.45) is 5.41 Å². The van der Waals surface area contributed by atoms with Crippen molar-refractivity contribution < 1.29 is 9.90 Å². The zero-order chi connectivity index (χ0) is 12.9. The third-order valence-corrected chi connectivity index (χ3v) is 4.78. The summed E-state index contributed by atoms with van der Waals surface area (Å²) in [6.07, 6.45) is 5.30. The molecule has 0 unspecified atom stereocenters. The molecule has 3 rings (SSSR count). The summed E-state index contributed by atoms with van der Waals surface area (Å²) in [6, 6.07) is 1.28. The Kier molecular flexibility index (Phi) is 2.65. The van der Waals surface area contributed by atoms with E-state index in [2.05, 4.69) is 22.9 Å². The maximum absolute atomic E-state index is 12.6. The summed E-state index contributed by atoms with van der Waals surface area (Å²) in [4.78, 5) is 24.1. The highest BCUT2D eigenvalue weighted by Gasteiger charge is 2.48. The lowest BCUT2D eigenvalue weighted by molar-refractivity contribution is 0.0767. The van der Waals surface area contributed by atoms with Crippen molar-refractivity contribution in [1.29, 1.82) is 0 Å². The van der Waals surface area contributed by atoms with Crippen molar-refractivity contribution in [3.05, 3.63) is 28.2 Å². The molecule has 0 radical (unpaired) electrons. The molecule has 1 saturated carbocycles. The number of carbonyl (C=O) groups is 1. The second-order valence-corrected chi connectivity index (χ2v) is 6.15. The number of aromatic nitrogens is 1. The van der Waals surface area contributed by atoms with Crippen LogP contribution in [0.15, 0.2) is 17.1 Å². The number of fused-ring (bicyclic) bond motifs is 1. The number of ketones is 1. The predicted octanol–water partition coefficient (Wildman–Crippen LogP) is 1.60. The van der Waals surface area contributed by atoms with Gasteiger partial charge in [-0.2, -0.15) is 0 Å². The van der Waals surface area contributed by atoms with E-state index in [1.165, 1.54) is 6.07 Å². The third-order valence-electron chi connectivity index (χ3n) is 3.98. The molecule has 2 heterocycles. The number of hydrogen-bond acceptors (Lipinski definition) is 4. The van der Waals surface area contributed by atoms with Gasteiger partial charge in [0.15, 0.2) is 17.2 Å². The zero-order valence-corrected chi connectivity index (χ0v) is 11.9. The Morgan fingerprint density at radius 1 is 1.28 bits per heavy atom. The van der Waals surface area contributed by atoms with Crippen molar-refractivity contribution in [1.82, 2.24) is 4.68 Å². The van der Waals surface area contributed by atoms with Crippen LogP contribution in [-0.4, -0.2) is 22.1 Å². The number of pyridine rings is 1. The van der Waals surface area contributed by atoms with E-state index in [9.17, 15) is 14.7 Å². The molecule has 0 amide bonds. The van der Waals surface area contributed by atoms with Gasteiger partial charge in [0.05, 0.1) is 34.8 Å². The topological polar surface area (TPSA) is 62.5 Å². The maximum Gasteiger partial charge on any atom is 0.224 e. The first kappa shape index (κ1) is 12.0. The summed E-state index contributed by atoms with van der Waals surface area (Å²) >= 11 is 2.12. The van der Waals surface area contributed by atoms with E-state index in [-0.39, 0.29) is 11.5 Å². The fourth-order valence-electron chi connectivity index (χ4n) is 3.00. The molecule has 2 aliphatic rings. The van der Waals surface area contributed by atoms with Gasteiger partial charge in [0.25, 0.3) is 0 Å². The van der Waals surface area contributed by atoms with E-state index in [0.29, 0.717) is 6.54 Å². The van der Waals surface area contributed by atoms with Gasteiger partial charge in [-0.25, -0.2) is 4.68 Å². The number of Topliss-reactive ketones (excluding diaryl/α,β-unsaturated/α-hetero) is 1. The first-order valence-corrected chi connectivity index (χ1v) is 6.95. The highest BCUT2D eigenvalue weighted by Crippen LogP contribution is 2.45. The normalized spacial score (nSPS) is 21.4. The smallest absolute Gasteiger partial charge is 0.224 e. The van der Waals surface area contributed by atoms with Crippen LogP contribution in [-0.2, 0) is 0 Å². The largest absolute Gasteiger partial charge is 0.503 e. The number of halogens is 1. The second kappa shape index (κ2) is 3.97. The number of nitrogens with zero attached hydrogens (tertiary/aromatic N) is 2. The summed E-state index contributed by atoms with van der Waals surface area (Å²) in [5.74, 6) is -0.502. The van der Waals surface area contributed by atoms with E-state index < -0.39 is 16.6 Å². The molecule has 18 heavy (non-hydrogen) atoms. The van der Waals surface area contributed by atoms with E-state index in [1.807, 2.05) is 3.22 Å². The minimum absolute atomic E-state index is 0.0804. The maximum atomic E-state index is 12.6. The highest BCUT2D eigenvalue weighted by atomic mass is 127. The fourth-order valence-corrected chi connectivity index (χ4v) is 4.01. The highest BCUT2D eigenvalue weighted by molar-refractivity contribution is 14.1.